The molecule has 1 unspecified atom stereocenters. The van der Waals surface area contributed by atoms with Gasteiger partial charge in [-0.05, 0) is 13.8 Å². The van der Waals surface area contributed by atoms with Crippen molar-refractivity contribution in [3.63, 3.8) is 0 Å². The molecule has 0 N–H and O–H groups in total. The molecule has 66 valence electrons. The molecule has 0 amide bonds. The number of nitrogens with zero attached hydrogens (tertiary/aromatic N) is 1. The topological polar surface area (TPSA) is 59.3 Å². The Morgan fingerprint density at radius 3 is 1.91 bits per heavy atom. The van der Waals surface area contributed by atoms with Crippen molar-refractivity contribution in [3.8, 4) is 5.81 Å². The van der Waals surface area contributed by atoms with Crippen molar-refractivity contribution < 1.29 is 13.6 Å². The summed E-state index contributed by atoms with van der Waals surface area (Å²) >= 11 is 0. The first kappa shape index (κ1) is 13.6. The number of hydrogen-bond acceptors (Lipinski definition) is 4. The second-order valence-corrected chi connectivity index (χ2v) is 3.14. The van der Waals surface area contributed by atoms with Crippen molar-refractivity contribution in [1.29, 1.82) is 5.26 Å². The van der Waals surface area contributed by atoms with Crippen LogP contribution in [0.25, 0.3) is 0 Å². The Hall–Kier alpha value is 0.0700. The fourth-order valence-corrected chi connectivity index (χ4v) is 1.30. The van der Waals surface area contributed by atoms with Crippen LogP contribution in [0, 0.1) is 11.1 Å². The predicted octanol–water partition coefficient (Wildman–Crippen LogP) is 1.79. The van der Waals surface area contributed by atoms with Gasteiger partial charge in [0.15, 0.2) is 5.81 Å². The van der Waals surface area contributed by atoms with E-state index in [4.69, 9.17) is 5.26 Å². The maximum atomic E-state index is 11.0. The van der Waals surface area contributed by atoms with Crippen LogP contribution in [0.1, 0.15) is 13.8 Å². The van der Waals surface area contributed by atoms with Gasteiger partial charge in [-0.3, -0.25) is 9.05 Å². The van der Waals surface area contributed by atoms with Crippen molar-refractivity contribution in [2.75, 3.05) is 13.2 Å². The Labute approximate surface area is 70.0 Å². The lowest BCUT2D eigenvalue weighted by Crippen LogP contribution is -1.92. The molecule has 0 aliphatic rings. The fourth-order valence-electron chi connectivity index (χ4n) is 0.435. The molecule has 0 saturated carbocycles. The third-order valence-electron chi connectivity index (χ3n) is 0.721. The maximum Gasteiger partial charge on any atom is 0.431 e. The van der Waals surface area contributed by atoms with Crippen LogP contribution in [0.3, 0.4) is 0 Å². The van der Waals surface area contributed by atoms with Crippen LogP contribution in [0.5, 0.6) is 0 Å². The summed E-state index contributed by atoms with van der Waals surface area (Å²) < 4.78 is 20.2. The Kier molecular flexibility index (Phi) is 8.39. The van der Waals surface area contributed by atoms with Gasteiger partial charge in [0.05, 0.1) is 13.2 Å². The Balaban J connectivity index is 0. The second kappa shape index (κ2) is 6.76. The molecule has 0 aliphatic heterocycles. The monoisotopic (exact) mass is 197 g/mol. The van der Waals surface area contributed by atoms with Gasteiger partial charge < -0.3 is 0 Å². The van der Waals surface area contributed by atoms with Crippen molar-refractivity contribution in [1.82, 2.24) is 0 Å². The molecule has 0 aromatic heterocycles. The van der Waals surface area contributed by atoms with Gasteiger partial charge in [0, 0.05) is 0 Å². The zero-order valence-electron chi connectivity index (χ0n) is 6.74. The van der Waals surface area contributed by atoms with E-state index in [9.17, 15) is 4.57 Å². The average molecular weight is 197 g/mol. The molecule has 0 bridgehead atoms. The van der Waals surface area contributed by atoms with Crippen LogP contribution in [-0.2, 0) is 13.6 Å². The quantitative estimate of drug-likeness (QED) is 0.644. The smallest absolute Gasteiger partial charge is 0.298 e. The summed E-state index contributed by atoms with van der Waals surface area (Å²) in [5.41, 5.74) is 0. The van der Waals surface area contributed by atoms with Gasteiger partial charge in [-0.25, -0.2) is 4.57 Å². The third-order valence-corrected chi connectivity index (χ3v) is 2.16. The Bertz CT molecular complexity index is 167. The van der Waals surface area contributed by atoms with Gasteiger partial charge >= 0.3 is 7.60 Å². The number of rotatable bonds is 4. The van der Waals surface area contributed by atoms with Gasteiger partial charge in [0.1, 0.15) is 0 Å². The van der Waals surface area contributed by atoms with E-state index < -0.39 is 7.60 Å². The van der Waals surface area contributed by atoms with E-state index in [-0.39, 0.29) is 23.1 Å². The lowest BCUT2D eigenvalue weighted by molar-refractivity contribution is 0.230. The average Bonchev–Trinajstić information content (AvgIpc) is 1.89. The molecule has 0 aliphatic carbocycles. The van der Waals surface area contributed by atoms with E-state index in [0.29, 0.717) is 0 Å². The molecule has 0 saturated heterocycles. The molecular formula is C5H13NO3P2. The molecular weight excluding hydrogens is 184 g/mol. The van der Waals surface area contributed by atoms with E-state index in [1.165, 1.54) is 5.81 Å². The van der Waals surface area contributed by atoms with Crippen LogP contribution in [0.2, 0.25) is 0 Å². The summed E-state index contributed by atoms with van der Waals surface area (Å²) in [5.74, 6) is 1.49. The summed E-state index contributed by atoms with van der Waals surface area (Å²) in [6.45, 7) is 3.77. The van der Waals surface area contributed by atoms with Crippen LogP contribution < -0.4 is 0 Å². The van der Waals surface area contributed by atoms with Crippen LogP contribution in [-0.4, -0.2) is 13.2 Å². The minimum atomic E-state index is -3.39. The first-order valence-electron chi connectivity index (χ1n) is 2.99. The first-order chi connectivity index (χ1) is 4.68. The molecule has 0 aromatic carbocycles. The Morgan fingerprint density at radius 1 is 1.36 bits per heavy atom. The molecule has 0 radical (unpaired) electrons. The highest BCUT2D eigenvalue weighted by molar-refractivity contribution is 7.59. The summed E-state index contributed by atoms with van der Waals surface area (Å²) in [5, 5.41) is 8.28. The zero-order chi connectivity index (χ0) is 8.04. The second-order valence-electron chi connectivity index (χ2n) is 1.43. The minimum absolute atomic E-state index is 0. The van der Waals surface area contributed by atoms with Crippen LogP contribution in [0.15, 0.2) is 0 Å². The molecule has 6 heteroatoms. The largest absolute Gasteiger partial charge is 0.431 e. The van der Waals surface area contributed by atoms with Gasteiger partial charge in [0.2, 0.25) is 0 Å². The minimum Gasteiger partial charge on any atom is -0.298 e. The highest BCUT2D eigenvalue weighted by Crippen LogP contribution is 2.46. The van der Waals surface area contributed by atoms with Crippen molar-refractivity contribution in [2.24, 2.45) is 0 Å². The van der Waals surface area contributed by atoms with E-state index in [0.717, 1.165) is 0 Å². The lowest BCUT2D eigenvalue weighted by Gasteiger charge is -2.06. The third kappa shape index (κ3) is 5.35. The summed E-state index contributed by atoms with van der Waals surface area (Å²) in [4.78, 5) is 0. The molecule has 0 heterocycles. The van der Waals surface area contributed by atoms with Gasteiger partial charge in [-0.15, -0.1) is 0 Å². The normalized spacial score (nSPS) is 9.91. The summed E-state index contributed by atoms with van der Waals surface area (Å²) in [6, 6.07) is 0. The first-order valence-corrected chi connectivity index (χ1v) is 4.53. The lowest BCUT2D eigenvalue weighted by atomic mass is 10.9. The summed E-state index contributed by atoms with van der Waals surface area (Å²) in [7, 11) is -3.39. The molecule has 0 rings (SSSR count). The van der Waals surface area contributed by atoms with E-state index >= 15 is 0 Å². The molecule has 11 heavy (non-hydrogen) atoms. The molecule has 0 aromatic rings. The number of nitriles is 1. The summed E-state index contributed by atoms with van der Waals surface area (Å²) in [6.07, 6.45) is 0. The Morgan fingerprint density at radius 2 is 1.73 bits per heavy atom. The molecule has 4 nitrogen and oxygen atoms in total. The van der Waals surface area contributed by atoms with E-state index in [1.807, 2.05) is 0 Å². The van der Waals surface area contributed by atoms with Gasteiger partial charge in [-0.2, -0.15) is 15.2 Å². The van der Waals surface area contributed by atoms with Crippen molar-refractivity contribution >= 4 is 17.5 Å². The maximum absolute atomic E-state index is 11.0. The van der Waals surface area contributed by atoms with Crippen molar-refractivity contribution in [3.05, 3.63) is 0 Å². The highest BCUT2D eigenvalue weighted by Gasteiger charge is 2.21. The van der Waals surface area contributed by atoms with E-state index in [1.54, 1.807) is 13.8 Å². The van der Waals surface area contributed by atoms with Gasteiger partial charge in [0.25, 0.3) is 0 Å². The predicted molar refractivity (Wildman–Crippen MR) is 47.6 cm³/mol. The SMILES string of the molecule is CCOP(=O)(C#N)OCC.P. The van der Waals surface area contributed by atoms with Gasteiger partial charge in [-0.1, -0.05) is 0 Å². The number of hydrogen-bond donors (Lipinski definition) is 0. The molecule has 0 spiro atoms. The van der Waals surface area contributed by atoms with Crippen LogP contribution >= 0.6 is 17.5 Å². The van der Waals surface area contributed by atoms with Crippen LogP contribution in [0.4, 0.5) is 0 Å². The van der Waals surface area contributed by atoms with Crippen molar-refractivity contribution in [2.45, 2.75) is 13.8 Å². The standard InChI is InChI=1S/C5H10NO3P.H3P/c1-3-8-10(7,5-6)9-4-2;/h3-4H2,1-2H3;1H3. The molecule has 0 fully saturated rings. The van der Waals surface area contributed by atoms with E-state index in [2.05, 4.69) is 9.05 Å². The molecule has 1 atom stereocenters. The fraction of sp³-hybridized carbons (Fsp3) is 0.800. The zero-order valence-corrected chi connectivity index (χ0v) is 9.05. The highest BCUT2D eigenvalue weighted by atomic mass is 31.2.